The van der Waals surface area contributed by atoms with Crippen LogP contribution in [0.2, 0.25) is 0 Å². The fourth-order valence-corrected chi connectivity index (χ4v) is 0.319. The summed E-state index contributed by atoms with van der Waals surface area (Å²) >= 11 is 12.2. The standard InChI is InChI=1S/C3H8N2S.C2H7N.2HPS/c1-2-5-3(4)6;1-2-3;2*1-2/h2H2,1H3,(H3,4,5,6);2-3H2,1H3;2*1H. The van der Waals surface area contributed by atoms with Crippen LogP contribution in [0.4, 0.5) is 0 Å². The SMILES string of the molecule is CCN.CCNC(N)=S.P=S.P=S. The Morgan fingerprint density at radius 3 is 1.46 bits per heavy atom. The number of hydrogen-bond acceptors (Lipinski definition) is 4. The molecule has 0 aromatic heterocycles. The highest BCUT2D eigenvalue weighted by molar-refractivity contribution is 7.89. The van der Waals surface area contributed by atoms with Crippen molar-refractivity contribution in [1.82, 2.24) is 5.32 Å². The molecule has 0 atom stereocenters. The van der Waals surface area contributed by atoms with Crippen LogP contribution in [0.1, 0.15) is 13.8 Å². The van der Waals surface area contributed by atoms with Crippen LogP contribution in [-0.4, -0.2) is 18.2 Å². The Balaban J connectivity index is -0.0000000493. The Kier molecular flexibility index (Phi) is 70.0. The molecule has 0 unspecified atom stereocenters. The second kappa shape index (κ2) is 38.7. The highest BCUT2D eigenvalue weighted by Gasteiger charge is 1.73. The van der Waals surface area contributed by atoms with Crippen LogP contribution in [0.15, 0.2) is 0 Å². The lowest BCUT2D eigenvalue weighted by Crippen LogP contribution is -2.28. The van der Waals surface area contributed by atoms with Crippen molar-refractivity contribution < 1.29 is 0 Å². The Bertz CT molecular complexity index is 95.1. The van der Waals surface area contributed by atoms with Crippen molar-refractivity contribution >= 4 is 57.0 Å². The predicted octanol–water partition coefficient (Wildman–Crippen LogP) is 0.987. The molecule has 0 aliphatic rings. The Hall–Kier alpha value is 0.690. The van der Waals surface area contributed by atoms with Crippen LogP contribution in [0.25, 0.3) is 0 Å². The number of thiocarbonyl (C=S) groups is 1. The smallest absolute Gasteiger partial charge is 0.163 e. The number of hydrogen-bond donors (Lipinski definition) is 3. The molecule has 0 aliphatic carbocycles. The normalized spacial score (nSPS) is 5.46. The van der Waals surface area contributed by atoms with Crippen molar-refractivity contribution in [2.45, 2.75) is 13.8 Å². The van der Waals surface area contributed by atoms with E-state index >= 15 is 0 Å². The third-order valence-electron chi connectivity index (χ3n) is 0.351. The first-order valence-corrected chi connectivity index (χ1v) is 7.00. The van der Waals surface area contributed by atoms with E-state index < -0.39 is 0 Å². The lowest BCUT2D eigenvalue weighted by atomic mass is 10.8. The fourth-order valence-electron chi connectivity index (χ4n) is 0.174. The maximum absolute atomic E-state index is 5.02. The average Bonchev–Trinajstić information content (AvgIpc) is 2.12. The second-order valence-corrected chi connectivity index (χ2v) is 1.74. The Morgan fingerprint density at radius 2 is 1.46 bits per heavy atom. The van der Waals surface area contributed by atoms with Crippen LogP contribution in [-0.2, 0) is 23.6 Å². The first-order valence-electron chi connectivity index (χ1n) is 3.33. The molecule has 8 heteroatoms. The molecule has 0 heterocycles. The van der Waals surface area contributed by atoms with Gasteiger partial charge >= 0.3 is 0 Å². The van der Waals surface area contributed by atoms with E-state index in [0.29, 0.717) is 5.11 Å². The lowest BCUT2D eigenvalue weighted by Gasteiger charge is -1.92. The van der Waals surface area contributed by atoms with Gasteiger partial charge in [-0.1, -0.05) is 30.5 Å². The highest BCUT2D eigenvalue weighted by Crippen LogP contribution is 1.52. The molecule has 0 fully saturated rings. The van der Waals surface area contributed by atoms with Crippen molar-refractivity contribution in [2.75, 3.05) is 13.1 Å². The van der Waals surface area contributed by atoms with Gasteiger partial charge in [0.2, 0.25) is 0 Å². The summed E-state index contributed by atoms with van der Waals surface area (Å²) in [5.74, 6) is 0. The molecule has 80 valence electrons. The van der Waals surface area contributed by atoms with Gasteiger partial charge in [-0.15, -0.1) is 0 Å². The minimum absolute atomic E-state index is 0.373. The number of nitrogens with two attached hydrogens (primary N) is 2. The summed E-state index contributed by atoms with van der Waals surface area (Å²) in [7, 11) is 5.11. The summed E-state index contributed by atoms with van der Waals surface area (Å²) in [4.78, 5) is 0. The van der Waals surface area contributed by atoms with Crippen molar-refractivity contribution in [1.29, 1.82) is 0 Å². The van der Waals surface area contributed by atoms with Gasteiger partial charge in [-0.2, -0.15) is 0 Å². The van der Waals surface area contributed by atoms with Gasteiger partial charge in [-0.05, 0) is 41.7 Å². The quantitative estimate of drug-likeness (QED) is 0.491. The molecule has 0 aromatic rings. The van der Waals surface area contributed by atoms with E-state index in [0.717, 1.165) is 13.1 Å². The summed E-state index contributed by atoms with van der Waals surface area (Å²) in [5, 5.41) is 3.09. The summed E-state index contributed by atoms with van der Waals surface area (Å²) in [6.07, 6.45) is 0. The maximum Gasteiger partial charge on any atom is 0.163 e. The van der Waals surface area contributed by atoms with E-state index in [1.54, 1.807) is 0 Å². The fraction of sp³-hybridized carbons (Fsp3) is 0.800. The van der Waals surface area contributed by atoms with E-state index in [2.05, 4.69) is 57.2 Å². The molecule has 3 nitrogen and oxygen atoms in total. The molecule has 0 aliphatic heterocycles. The van der Waals surface area contributed by atoms with Gasteiger partial charge in [0.1, 0.15) is 0 Å². The van der Waals surface area contributed by atoms with Crippen LogP contribution < -0.4 is 16.8 Å². The van der Waals surface area contributed by atoms with Gasteiger partial charge in [0, 0.05) is 6.54 Å². The summed E-state index contributed by atoms with van der Waals surface area (Å²) in [6.45, 7) is 5.41. The van der Waals surface area contributed by atoms with Gasteiger partial charge in [0.25, 0.3) is 0 Å². The van der Waals surface area contributed by atoms with Crippen LogP contribution in [0.3, 0.4) is 0 Å². The van der Waals surface area contributed by atoms with Gasteiger partial charge in [0.05, 0.1) is 0 Å². The van der Waals surface area contributed by atoms with Crippen LogP contribution >= 0.6 is 28.2 Å². The molecule has 0 saturated heterocycles. The minimum Gasteiger partial charge on any atom is -0.376 e. The zero-order chi connectivity index (χ0) is 11.7. The molecule has 5 N–H and O–H groups in total. The highest BCUT2D eigenvalue weighted by atomic mass is 32.4. The van der Waals surface area contributed by atoms with Crippen LogP contribution in [0.5, 0.6) is 0 Å². The first-order chi connectivity index (χ1) is 6.18. The summed E-state index contributed by atoms with van der Waals surface area (Å²) in [5.41, 5.74) is 9.87. The number of rotatable bonds is 1. The van der Waals surface area contributed by atoms with Gasteiger partial charge in [0.15, 0.2) is 5.11 Å². The van der Waals surface area contributed by atoms with Crippen molar-refractivity contribution in [2.24, 2.45) is 11.5 Å². The van der Waals surface area contributed by atoms with E-state index in [4.69, 9.17) is 11.5 Å². The van der Waals surface area contributed by atoms with E-state index in [-0.39, 0.29) is 0 Å². The van der Waals surface area contributed by atoms with Crippen molar-refractivity contribution in [3.05, 3.63) is 0 Å². The topological polar surface area (TPSA) is 64.1 Å². The predicted molar refractivity (Wildman–Crippen MR) is 76.6 cm³/mol. The molecule has 0 saturated carbocycles. The second-order valence-electron chi connectivity index (χ2n) is 1.30. The van der Waals surface area contributed by atoms with E-state index in [1.807, 2.05) is 13.8 Å². The summed E-state index contributed by atoms with van der Waals surface area (Å²) < 4.78 is 0. The zero-order valence-electron chi connectivity index (χ0n) is 7.79. The van der Waals surface area contributed by atoms with Gasteiger partial charge in [-0.3, -0.25) is 0 Å². The van der Waals surface area contributed by atoms with E-state index in [1.165, 1.54) is 0 Å². The molecule has 0 radical (unpaired) electrons. The molecule has 0 aromatic carbocycles. The Labute approximate surface area is 101 Å². The maximum atomic E-state index is 5.02. The van der Waals surface area contributed by atoms with E-state index in [9.17, 15) is 0 Å². The first kappa shape index (κ1) is 23.5. The molecular weight excluding hydrogens is 260 g/mol. The third kappa shape index (κ3) is 107. The van der Waals surface area contributed by atoms with Gasteiger partial charge < -0.3 is 16.8 Å². The average molecular weight is 277 g/mol. The molecule has 0 amide bonds. The van der Waals surface area contributed by atoms with Crippen molar-refractivity contribution in [3.63, 3.8) is 0 Å². The molecule has 13 heavy (non-hydrogen) atoms. The lowest BCUT2D eigenvalue weighted by molar-refractivity contribution is 0.973. The Morgan fingerprint density at radius 1 is 1.23 bits per heavy atom. The molecular formula is C5H17N3P2S3. The monoisotopic (exact) mass is 277 g/mol. The largest absolute Gasteiger partial charge is 0.376 e. The molecule has 0 bridgehead atoms. The molecule has 0 spiro atoms. The zero-order valence-corrected chi connectivity index (χ0v) is 12.2. The van der Waals surface area contributed by atoms with Crippen molar-refractivity contribution in [3.8, 4) is 0 Å². The van der Waals surface area contributed by atoms with Gasteiger partial charge in [-0.25, -0.2) is 0 Å². The minimum atomic E-state index is 0.373. The summed E-state index contributed by atoms with van der Waals surface area (Å²) in [6, 6.07) is 0. The number of nitrogens with one attached hydrogen (secondary N) is 1. The molecule has 0 rings (SSSR count). The van der Waals surface area contributed by atoms with Crippen LogP contribution in [0, 0.1) is 0 Å². The third-order valence-corrected chi connectivity index (χ3v) is 0.495.